The number of carbonyl (C=O) groups is 3. The van der Waals surface area contributed by atoms with Crippen LogP contribution in [0, 0.1) is 0 Å². The molecule has 402 valence electrons. The molecule has 0 aliphatic rings. The van der Waals surface area contributed by atoms with Gasteiger partial charge in [-0.2, -0.15) is 0 Å². The lowest BCUT2D eigenvalue weighted by molar-refractivity contribution is -0.167. The predicted octanol–water partition coefficient (Wildman–Crippen LogP) is 19.9. The van der Waals surface area contributed by atoms with Crippen LogP contribution in [0.3, 0.4) is 0 Å². The molecule has 0 saturated heterocycles. The summed E-state index contributed by atoms with van der Waals surface area (Å²) in [6, 6.07) is 0. The number of hydrogen-bond donors (Lipinski definition) is 0. The number of hydrogen-bond acceptors (Lipinski definition) is 6. The van der Waals surface area contributed by atoms with Gasteiger partial charge < -0.3 is 14.2 Å². The fourth-order valence-electron chi connectivity index (χ4n) is 8.18. The molecule has 6 heteroatoms. The van der Waals surface area contributed by atoms with Gasteiger partial charge in [0.15, 0.2) is 6.10 Å². The van der Waals surface area contributed by atoms with Crippen LogP contribution in [0.2, 0.25) is 0 Å². The van der Waals surface area contributed by atoms with Crippen LogP contribution in [0.4, 0.5) is 0 Å². The molecule has 0 spiro atoms. The van der Waals surface area contributed by atoms with Crippen LogP contribution in [0.1, 0.15) is 284 Å². The van der Waals surface area contributed by atoms with E-state index in [1.165, 1.54) is 135 Å². The van der Waals surface area contributed by atoms with Crippen molar-refractivity contribution >= 4 is 17.9 Å². The van der Waals surface area contributed by atoms with Crippen molar-refractivity contribution in [3.05, 3.63) is 85.1 Å². The van der Waals surface area contributed by atoms with Crippen molar-refractivity contribution in [2.45, 2.75) is 290 Å². The summed E-state index contributed by atoms with van der Waals surface area (Å²) in [7, 11) is 0. The zero-order chi connectivity index (χ0) is 50.7. The number of ether oxygens (including phenoxy) is 3. The molecular weight excluding hydrogens is 865 g/mol. The van der Waals surface area contributed by atoms with Crippen LogP contribution >= 0.6 is 0 Å². The van der Waals surface area contributed by atoms with E-state index in [1.54, 1.807) is 0 Å². The minimum Gasteiger partial charge on any atom is -0.462 e. The third kappa shape index (κ3) is 55.5. The average Bonchev–Trinajstić information content (AvgIpc) is 3.36. The van der Waals surface area contributed by atoms with E-state index < -0.39 is 6.10 Å². The van der Waals surface area contributed by atoms with Gasteiger partial charge in [-0.15, -0.1) is 0 Å². The number of unbranched alkanes of at least 4 members (excludes halogenated alkanes) is 29. The summed E-state index contributed by atoms with van der Waals surface area (Å²) < 4.78 is 16.9. The van der Waals surface area contributed by atoms with Crippen molar-refractivity contribution in [2.24, 2.45) is 0 Å². The Morgan fingerprint density at radius 3 is 0.986 bits per heavy atom. The molecule has 1 atom stereocenters. The number of carbonyl (C=O) groups excluding carboxylic acids is 3. The maximum atomic E-state index is 12.9. The van der Waals surface area contributed by atoms with Gasteiger partial charge in [0.2, 0.25) is 0 Å². The Morgan fingerprint density at radius 1 is 0.314 bits per heavy atom. The van der Waals surface area contributed by atoms with Crippen molar-refractivity contribution in [2.75, 3.05) is 13.2 Å². The molecule has 0 aromatic rings. The first-order valence-electron chi connectivity index (χ1n) is 29.6. The molecule has 0 aliphatic heterocycles. The Balaban J connectivity index is 4.45. The highest BCUT2D eigenvalue weighted by molar-refractivity contribution is 5.71. The minimum absolute atomic E-state index is 0.0940. The number of rotatable bonds is 53. The van der Waals surface area contributed by atoms with E-state index in [4.69, 9.17) is 14.2 Å². The quantitative estimate of drug-likeness (QED) is 0.0199. The molecule has 70 heavy (non-hydrogen) atoms. The van der Waals surface area contributed by atoms with Crippen LogP contribution in [0.25, 0.3) is 0 Å². The van der Waals surface area contributed by atoms with Crippen molar-refractivity contribution in [1.82, 2.24) is 0 Å². The zero-order valence-electron chi connectivity index (χ0n) is 46.0. The molecule has 0 bridgehead atoms. The first-order valence-corrected chi connectivity index (χ1v) is 29.6. The van der Waals surface area contributed by atoms with E-state index in [2.05, 4.69) is 106 Å². The van der Waals surface area contributed by atoms with Gasteiger partial charge >= 0.3 is 17.9 Å². The summed E-state index contributed by atoms with van der Waals surface area (Å²) >= 11 is 0. The maximum Gasteiger partial charge on any atom is 0.306 e. The smallest absolute Gasteiger partial charge is 0.306 e. The van der Waals surface area contributed by atoms with E-state index in [9.17, 15) is 14.4 Å². The van der Waals surface area contributed by atoms with Crippen LogP contribution in [0.15, 0.2) is 85.1 Å². The molecule has 0 aromatic carbocycles. The van der Waals surface area contributed by atoms with E-state index in [1.807, 2.05) is 0 Å². The lowest BCUT2D eigenvalue weighted by Gasteiger charge is -2.18. The van der Waals surface area contributed by atoms with Gasteiger partial charge in [-0.3, -0.25) is 14.4 Å². The number of allylic oxidation sites excluding steroid dienone is 14. The second kappa shape index (κ2) is 58.2. The minimum atomic E-state index is -0.797. The zero-order valence-corrected chi connectivity index (χ0v) is 46.0. The first kappa shape index (κ1) is 66.6. The molecule has 6 nitrogen and oxygen atoms in total. The molecule has 1 unspecified atom stereocenters. The molecule has 0 amide bonds. The third-order valence-electron chi connectivity index (χ3n) is 12.6. The lowest BCUT2D eigenvalue weighted by atomic mass is 10.1. The highest BCUT2D eigenvalue weighted by Crippen LogP contribution is 2.15. The van der Waals surface area contributed by atoms with Crippen molar-refractivity contribution in [3.63, 3.8) is 0 Å². The Bertz CT molecular complexity index is 1350. The number of esters is 3. The van der Waals surface area contributed by atoms with Gasteiger partial charge in [-0.25, -0.2) is 0 Å². The van der Waals surface area contributed by atoms with Crippen LogP contribution < -0.4 is 0 Å². The van der Waals surface area contributed by atoms with E-state index in [-0.39, 0.29) is 31.1 Å². The monoisotopic (exact) mass is 975 g/mol. The third-order valence-corrected chi connectivity index (χ3v) is 12.6. The standard InChI is InChI=1S/C64H110O6/c1-4-7-10-13-16-19-22-25-28-31-32-34-36-39-42-45-48-51-54-57-63(66)69-60-61(59-68-62(65)56-53-50-47-44-41-38-35-30-27-24-21-18-15-12-9-6-3)70-64(67)58-55-52-49-46-43-40-37-33-29-26-23-20-17-14-11-8-5-2/h7,10,16,19,25-26,28-30,32,34-35,38,41,61H,4-6,8-9,11-15,17-18,20-24,27,31,33,36-37,39-40,42-60H2,1-3H3/b10-7-,19-16-,28-25-,29-26-,34-32-,35-30-,41-38-. The normalized spacial score (nSPS) is 12.7. The van der Waals surface area contributed by atoms with Crippen LogP contribution in [-0.4, -0.2) is 37.2 Å². The van der Waals surface area contributed by atoms with Crippen molar-refractivity contribution in [1.29, 1.82) is 0 Å². The second-order valence-corrected chi connectivity index (χ2v) is 19.5. The molecule has 0 heterocycles. The van der Waals surface area contributed by atoms with Gasteiger partial charge in [-0.05, 0) is 109 Å². The Morgan fingerprint density at radius 2 is 0.600 bits per heavy atom. The molecule has 0 aromatic heterocycles. The topological polar surface area (TPSA) is 78.9 Å². The Labute approximate surface area is 433 Å². The van der Waals surface area contributed by atoms with Gasteiger partial charge in [-0.1, -0.05) is 241 Å². The molecule has 0 saturated carbocycles. The predicted molar refractivity (Wildman–Crippen MR) is 302 cm³/mol. The summed E-state index contributed by atoms with van der Waals surface area (Å²) in [5.41, 5.74) is 0. The van der Waals surface area contributed by atoms with Crippen LogP contribution in [-0.2, 0) is 28.6 Å². The van der Waals surface area contributed by atoms with Crippen molar-refractivity contribution in [3.8, 4) is 0 Å². The van der Waals surface area contributed by atoms with Gasteiger partial charge in [0.25, 0.3) is 0 Å². The molecule has 0 fully saturated rings. The highest BCUT2D eigenvalue weighted by Gasteiger charge is 2.19. The van der Waals surface area contributed by atoms with Gasteiger partial charge in [0, 0.05) is 19.3 Å². The van der Waals surface area contributed by atoms with Gasteiger partial charge in [0.1, 0.15) is 13.2 Å². The fraction of sp³-hybridized carbons (Fsp3) is 0.734. The average molecular weight is 976 g/mol. The molecule has 0 aliphatic carbocycles. The second-order valence-electron chi connectivity index (χ2n) is 19.5. The summed E-state index contributed by atoms with van der Waals surface area (Å²) in [5.74, 6) is -0.931. The molecule has 0 rings (SSSR count). The largest absolute Gasteiger partial charge is 0.462 e. The van der Waals surface area contributed by atoms with Crippen LogP contribution in [0.5, 0.6) is 0 Å². The van der Waals surface area contributed by atoms with E-state index >= 15 is 0 Å². The summed E-state index contributed by atoms with van der Waals surface area (Å²) in [6.45, 7) is 6.50. The highest BCUT2D eigenvalue weighted by atomic mass is 16.6. The van der Waals surface area contributed by atoms with E-state index in [0.717, 1.165) is 109 Å². The lowest BCUT2D eigenvalue weighted by Crippen LogP contribution is -2.30. The van der Waals surface area contributed by atoms with Gasteiger partial charge in [0.05, 0.1) is 0 Å². The fourth-order valence-corrected chi connectivity index (χ4v) is 8.18. The van der Waals surface area contributed by atoms with E-state index in [0.29, 0.717) is 19.3 Å². The Hall–Kier alpha value is -3.41. The molecule has 0 N–H and O–H groups in total. The Kier molecular flexibility index (Phi) is 55.3. The molecule has 0 radical (unpaired) electrons. The summed E-state index contributed by atoms with van der Waals surface area (Å²) in [6.07, 6.45) is 75.7. The SMILES string of the molecule is CC/C=C\C/C=C\C/C=C\C/C=C\CCCCCCCCC(=O)OCC(COC(=O)CCCCC/C=C\C=C/CCCCCCCCC)OC(=O)CCCCCCCCC/C=C\CCCCCCCC. The van der Waals surface area contributed by atoms with Crippen molar-refractivity contribution < 1.29 is 28.6 Å². The molecular formula is C64H110O6. The summed E-state index contributed by atoms with van der Waals surface area (Å²) in [4.78, 5) is 38.2. The summed E-state index contributed by atoms with van der Waals surface area (Å²) in [5, 5.41) is 0. The first-order chi connectivity index (χ1) is 34.5. The maximum absolute atomic E-state index is 12.9.